The maximum absolute atomic E-state index is 3.89. The maximum atomic E-state index is 3.89. The van der Waals surface area contributed by atoms with Gasteiger partial charge in [0, 0.05) is 6.04 Å². The highest BCUT2D eigenvalue weighted by Crippen LogP contribution is 2.44. The highest BCUT2D eigenvalue weighted by atomic mass is 15.1. The first-order valence-corrected chi connectivity index (χ1v) is 7.75. The smallest absolute Gasteiger partial charge is 0.0124 e. The van der Waals surface area contributed by atoms with Crippen molar-refractivity contribution in [2.45, 2.75) is 51.0 Å². The third-order valence-electron chi connectivity index (χ3n) is 5.03. The average Bonchev–Trinajstić information content (AvgIpc) is 3.19. The van der Waals surface area contributed by atoms with Crippen LogP contribution in [0.1, 0.15) is 44.9 Å². The van der Waals surface area contributed by atoms with Crippen LogP contribution in [0.4, 0.5) is 0 Å². The standard InChI is InChI=1S/C15H28N2/c1-17-10-7-12(8-11-17)6-9-16-15(13-2-3-13)14-4-5-14/h12-16H,2-11H2,1H3. The first kappa shape index (κ1) is 12.0. The molecule has 1 N–H and O–H groups in total. The zero-order valence-corrected chi connectivity index (χ0v) is 11.3. The van der Waals surface area contributed by atoms with Gasteiger partial charge in [0.15, 0.2) is 0 Å². The Labute approximate surface area is 106 Å². The summed E-state index contributed by atoms with van der Waals surface area (Å²) in [5, 5.41) is 3.89. The van der Waals surface area contributed by atoms with Gasteiger partial charge in [-0.1, -0.05) is 0 Å². The molecule has 98 valence electrons. The number of nitrogens with zero attached hydrogens (tertiary/aromatic N) is 1. The van der Waals surface area contributed by atoms with Gasteiger partial charge in [0.2, 0.25) is 0 Å². The Morgan fingerprint density at radius 1 is 1.00 bits per heavy atom. The van der Waals surface area contributed by atoms with E-state index in [2.05, 4.69) is 17.3 Å². The molecule has 0 atom stereocenters. The second-order valence-electron chi connectivity index (χ2n) is 6.69. The lowest BCUT2D eigenvalue weighted by Gasteiger charge is -2.29. The zero-order valence-electron chi connectivity index (χ0n) is 11.3. The predicted octanol–water partition coefficient (Wildman–Crippen LogP) is 2.50. The van der Waals surface area contributed by atoms with Crippen LogP contribution in [-0.4, -0.2) is 37.6 Å². The Kier molecular flexibility index (Phi) is 3.72. The second-order valence-corrected chi connectivity index (χ2v) is 6.69. The Bertz CT molecular complexity index is 225. The molecule has 3 rings (SSSR count). The fraction of sp³-hybridized carbons (Fsp3) is 1.00. The summed E-state index contributed by atoms with van der Waals surface area (Å²) in [6.07, 6.45) is 10.3. The van der Waals surface area contributed by atoms with E-state index in [1.54, 1.807) is 0 Å². The molecule has 0 amide bonds. The van der Waals surface area contributed by atoms with Gasteiger partial charge in [-0.3, -0.25) is 0 Å². The molecule has 2 aliphatic carbocycles. The van der Waals surface area contributed by atoms with Gasteiger partial charge < -0.3 is 10.2 Å². The number of piperidine rings is 1. The second kappa shape index (κ2) is 5.27. The van der Waals surface area contributed by atoms with Crippen LogP contribution in [0.15, 0.2) is 0 Å². The van der Waals surface area contributed by atoms with Crippen LogP contribution >= 0.6 is 0 Å². The number of likely N-dealkylation sites (tertiary alicyclic amines) is 1. The third-order valence-corrected chi connectivity index (χ3v) is 5.03. The largest absolute Gasteiger partial charge is 0.313 e. The molecule has 17 heavy (non-hydrogen) atoms. The van der Waals surface area contributed by atoms with E-state index in [4.69, 9.17) is 0 Å². The van der Waals surface area contributed by atoms with Crippen molar-refractivity contribution in [2.24, 2.45) is 17.8 Å². The number of hydrogen-bond donors (Lipinski definition) is 1. The first-order chi connectivity index (χ1) is 8.33. The van der Waals surface area contributed by atoms with Gasteiger partial charge in [-0.2, -0.15) is 0 Å². The van der Waals surface area contributed by atoms with Gasteiger partial charge in [0.05, 0.1) is 0 Å². The average molecular weight is 236 g/mol. The minimum absolute atomic E-state index is 0.904. The molecular weight excluding hydrogens is 208 g/mol. The molecule has 3 fully saturated rings. The summed E-state index contributed by atoms with van der Waals surface area (Å²) in [5.74, 6) is 3.11. The summed E-state index contributed by atoms with van der Waals surface area (Å²) < 4.78 is 0. The molecule has 0 aromatic heterocycles. The van der Waals surface area contributed by atoms with Gasteiger partial charge in [0.25, 0.3) is 0 Å². The predicted molar refractivity (Wildman–Crippen MR) is 72.1 cm³/mol. The van der Waals surface area contributed by atoms with Crippen LogP contribution < -0.4 is 5.32 Å². The van der Waals surface area contributed by atoms with E-state index >= 15 is 0 Å². The van der Waals surface area contributed by atoms with E-state index in [1.807, 2.05) is 0 Å². The van der Waals surface area contributed by atoms with Gasteiger partial charge in [-0.05, 0) is 89.4 Å². The van der Waals surface area contributed by atoms with Gasteiger partial charge in [-0.15, -0.1) is 0 Å². The van der Waals surface area contributed by atoms with Crippen molar-refractivity contribution in [1.82, 2.24) is 10.2 Å². The van der Waals surface area contributed by atoms with E-state index in [0.717, 1.165) is 23.8 Å². The molecule has 1 saturated heterocycles. The lowest BCUT2D eigenvalue weighted by Crippen LogP contribution is -2.36. The zero-order chi connectivity index (χ0) is 11.7. The van der Waals surface area contributed by atoms with Gasteiger partial charge in [-0.25, -0.2) is 0 Å². The minimum atomic E-state index is 0.904. The summed E-state index contributed by atoms with van der Waals surface area (Å²) in [5.41, 5.74) is 0. The van der Waals surface area contributed by atoms with E-state index < -0.39 is 0 Å². The fourth-order valence-corrected chi connectivity index (χ4v) is 3.43. The Balaban J connectivity index is 1.33. The van der Waals surface area contributed by atoms with Gasteiger partial charge >= 0.3 is 0 Å². The van der Waals surface area contributed by atoms with Crippen molar-refractivity contribution in [2.75, 3.05) is 26.7 Å². The van der Waals surface area contributed by atoms with Gasteiger partial charge in [0.1, 0.15) is 0 Å². The van der Waals surface area contributed by atoms with Crippen molar-refractivity contribution >= 4 is 0 Å². The molecule has 0 radical (unpaired) electrons. The molecule has 1 heterocycles. The molecule has 0 aromatic rings. The topological polar surface area (TPSA) is 15.3 Å². The van der Waals surface area contributed by atoms with Crippen molar-refractivity contribution < 1.29 is 0 Å². The summed E-state index contributed by atoms with van der Waals surface area (Å²) in [6, 6.07) is 0.904. The van der Waals surface area contributed by atoms with E-state index in [1.165, 1.54) is 64.6 Å². The third kappa shape index (κ3) is 3.45. The number of rotatable bonds is 6. The molecular formula is C15H28N2. The van der Waals surface area contributed by atoms with Crippen molar-refractivity contribution in [3.8, 4) is 0 Å². The summed E-state index contributed by atoms with van der Waals surface area (Å²) in [6.45, 7) is 3.92. The molecule has 0 spiro atoms. The van der Waals surface area contributed by atoms with Crippen LogP contribution in [0, 0.1) is 17.8 Å². The summed E-state index contributed by atoms with van der Waals surface area (Å²) in [7, 11) is 2.25. The highest BCUT2D eigenvalue weighted by molar-refractivity contribution is 4.96. The van der Waals surface area contributed by atoms with E-state index in [-0.39, 0.29) is 0 Å². The molecule has 0 unspecified atom stereocenters. The van der Waals surface area contributed by atoms with Crippen LogP contribution in [0.2, 0.25) is 0 Å². The van der Waals surface area contributed by atoms with Crippen LogP contribution in [0.3, 0.4) is 0 Å². The Hall–Kier alpha value is -0.0800. The molecule has 2 heteroatoms. The number of hydrogen-bond acceptors (Lipinski definition) is 2. The Morgan fingerprint density at radius 2 is 1.59 bits per heavy atom. The highest BCUT2D eigenvalue weighted by Gasteiger charge is 2.40. The maximum Gasteiger partial charge on any atom is 0.0124 e. The monoisotopic (exact) mass is 236 g/mol. The van der Waals surface area contributed by atoms with Crippen molar-refractivity contribution in [1.29, 1.82) is 0 Å². The molecule has 2 nitrogen and oxygen atoms in total. The van der Waals surface area contributed by atoms with E-state index in [9.17, 15) is 0 Å². The minimum Gasteiger partial charge on any atom is -0.313 e. The van der Waals surface area contributed by atoms with Crippen LogP contribution in [0.5, 0.6) is 0 Å². The Morgan fingerprint density at radius 3 is 2.12 bits per heavy atom. The first-order valence-electron chi connectivity index (χ1n) is 7.75. The SMILES string of the molecule is CN1CCC(CCNC(C2CC2)C2CC2)CC1. The van der Waals surface area contributed by atoms with Crippen LogP contribution in [-0.2, 0) is 0 Å². The molecule has 3 aliphatic rings. The fourth-order valence-electron chi connectivity index (χ4n) is 3.43. The lowest BCUT2D eigenvalue weighted by molar-refractivity contribution is 0.209. The molecule has 1 aliphatic heterocycles. The van der Waals surface area contributed by atoms with Crippen molar-refractivity contribution in [3.63, 3.8) is 0 Å². The van der Waals surface area contributed by atoms with Crippen LogP contribution in [0.25, 0.3) is 0 Å². The van der Waals surface area contributed by atoms with E-state index in [0.29, 0.717) is 0 Å². The normalized spacial score (nSPS) is 27.9. The lowest BCUT2D eigenvalue weighted by atomic mass is 9.93. The summed E-state index contributed by atoms with van der Waals surface area (Å²) in [4.78, 5) is 2.47. The van der Waals surface area contributed by atoms with Crippen molar-refractivity contribution in [3.05, 3.63) is 0 Å². The molecule has 0 aromatic carbocycles. The molecule has 0 bridgehead atoms. The molecule has 2 saturated carbocycles. The quantitative estimate of drug-likeness (QED) is 0.762. The summed E-state index contributed by atoms with van der Waals surface area (Å²) >= 11 is 0. The number of nitrogens with one attached hydrogen (secondary N) is 1.